The van der Waals surface area contributed by atoms with Crippen molar-refractivity contribution >= 4 is 123 Å². The Bertz CT molecular complexity index is 6050. The number of anilines is 6. The number of nitrogens with zero attached hydrogens (tertiary/aromatic N) is 2. The van der Waals surface area contributed by atoms with Gasteiger partial charge in [0, 0.05) is 77.3 Å². The van der Waals surface area contributed by atoms with E-state index in [1.165, 1.54) is 27.5 Å². The molecule has 0 unspecified atom stereocenters. The maximum atomic E-state index is 6.74. The SMILES string of the molecule is CC(C)(C)c1cc(-c2ccccc2)c(N2c3ccc(-c4cccc5oc6ccccc6c45)cc3B3c4cc(-c5cccc6oc7ccccc7c56)ccc4N(c4c(-c5ccccc5)cc(C(C)(C)C)cc4-c4ccccc4)c4cc(-c5ccc6oc7ccccc7c6c5)cc2c43)c(-c2ccccc2)c1. The van der Waals surface area contributed by atoms with E-state index in [9.17, 15) is 0 Å². The normalized spacial score (nSPS) is 12.8. The third-order valence-corrected chi connectivity index (χ3v) is 21.9. The minimum absolute atomic E-state index is 0.219. The Morgan fingerprint density at radius 3 is 1.00 bits per heavy atom. The fourth-order valence-corrected chi connectivity index (χ4v) is 16.9. The molecule has 0 aliphatic carbocycles. The summed E-state index contributed by atoms with van der Waals surface area (Å²) >= 11 is 0. The molecule has 2 aliphatic rings. The van der Waals surface area contributed by atoms with E-state index in [-0.39, 0.29) is 17.5 Å². The first-order valence-electron chi connectivity index (χ1n) is 36.2. The molecule has 20 rings (SSSR count). The minimum atomic E-state index is -0.351. The van der Waals surface area contributed by atoms with Crippen molar-refractivity contribution in [3.05, 3.63) is 333 Å². The van der Waals surface area contributed by atoms with Crippen LogP contribution in [0.5, 0.6) is 0 Å². The fraction of sp³-hybridized carbons (Fsp3) is 0.0816. The molecule has 5 heterocycles. The van der Waals surface area contributed by atoms with Crippen LogP contribution in [0.4, 0.5) is 34.1 Å². The topological polar surface area (TPSA) is 45.9 Å². The summed E-state index contributed by atoms with van der Waals surface area (Å²) < 4.78 is 20.1. The van der Waals surface area contributed by atoms with E-state index in [0.29, 0.717) is 0 Å². The lowest BCUT2D eigenvalue weighted by atomic mass is 9.33. The van der Waals surface area contributed by atoms with Crippen molar-refractivity contribution in [3.8, 4) is 77.9 Å². The molecule has 0 amide bonds. The van der Waals surface area contributed by atoms with E-state index in [2.05, 4.69) is 373 Å². The van der Waals surface area contributed by atoms with Gasteiger partial charge in [-0.2, -0.15) is 0 Å². The van der Waals surface area contributed by atoms with Crippen LogP contribution in [0.3, 0.4) is 0 Å². The van der Waals surface area contributed by atoms with Crippen LogP contribution in [0, 0.1) is 0 Å². The summed E-state index contributed by atoms with van der Waals surface area (Å²) in [5.74, 6) is 0. The third-order valence-electron chi connectivity index (χ3n) is 21.9. The average molecular weight is 1340 g/mol. The summed E-state index contributed by atoms with van der Waals surface area (Å²) in [6.07, 6.45) is 0. The zero-order chi connectivity index (χ0) is 69.7. The zero-order valence-electron chi connectivity index (χ0n) is 58.8. The molecule has 15 aromatic carbocycles. The Labute approximate surface area is 605 Å². The number of fused-ring (bicyclic) bond motifs is 13. The Kier molecular flexibility index (Phi) is 13.8. The van der Waals surface area contributed by atoms with Crippen molar-refractivity contribution in [2.24, 2.45) is 0 Å². The van der Waals surface area contributed by atoms with E-state index in [0.717, 1.165) is 178 Å². The molecule has 0 N–H and O–H groups in total. The smallest absolute Gasteiger partial charge is 0.252 e. The highest BCUT2D eigenvalue weighted by atomic mass is 16.3. The fourth-order valence-electron chi connectivity index (χ4n) is 16.9. The Hall–Kier alpha value is -12.6. The van der Waals surface area contributed by atoms with E-state index < -0.39 is 0 Å². The van der Waals surface area contributed by atoms with Crippen molar-refractivity contribution in [3.63, 3.8) is 0 Å². The molecular formula is C98H71BN2O3. The van der Waals surface area contributed by atoms with Gasteiger partial charge in [-0.1, -0.05) is 272 Å². The number of hydrogen-bond donors (Lipinski definition) is 0. The maximum absolute atomic E-state index is 6.74. The molecule has 104 heavy (non-hydrogen) atoms. The highest BCUT2D eigenvalue weighted by Crippen LogP contribution is 2.56. The van der Waals surface area contributed by atoms with Gasteiger partial charge in [0.05, 0.1) is 11.4 Å². The van der Waals surface area contributed by atoms with Gasteiger partial charge in [0.1, 0.15) is 33.5 Å². The lowest BCUT2D eigenvalue weighted by Crippen LogP contribution is -2.61. The standard InChI is InChI=1S/C98H71BN2O3/c1-97(2,3)68-56-75(60-27-11-7-12-28-60)95(76(57-68)61-29-13-8-14-30-61)100-82-48-45-65(70-38-25-43-90-92(70)73-36-20-23-41-87(73)103-90)52-80(82)99-81-53-66(71-39-26-44-91-93(71)74-37-21-24-42-88(74)104-91)46-49-83(81)101(85-55-67(54-84(100)94(85)99)64-47-50-89-79(51-64)72-35-19-22-40-86(72)102-89)96-77(62-31-15-9-16-32-62)58-69(98(4,5)6)59-78(96)63-33-17-10-18-34-63/h7-59H,1-6H3. The van der Waals surface area contributed by atoms with Crippen LogP contribution in [0.15, 0.2) is 335 Å². The lowest BCUT2D eigenvalue weighted by molar-refractivity contribution is 0.590. The number of benzene rings is 15. The summed E-state index contributed by atoms with van der Waals surface area (Å²) in [6, 6.07) is 119. The van der Waals surface area contributed by atoms with Gasteiger partial charge in [-0.3, -0.25) is 0 Å². The molecule has 494 valence electrons. The number of hydrogen-bond acceptors (Lipinski definition) is 5. The number of furan rings is 3. The molecule has 0 fully saturated rings. The summed E-state index contributed by atoms with van der Waals surface area (Å²) in [4.78, 5) is 5.36. The maximum Gasteiger partial charge on any atom is 0.252 e. The van der Waals surface area contributed by atoms with Gasteiger partial charge in [-0.25, -0.2) is 0 Å². The van der Waals surface area contributed by atoms with E-state index in [4.69, 9.17) is 13.3 Å². The molecule has 0 spiro atoms. The third kappa shape index (κ3) is 9.76. The molecular weight excluding hydrogens is 1260 g/mol. The van der Waals surface area contributed by atoms with Gasteiger partial charge in [-0.15, -0.1) is 0 Å². The molecule has 18 aromatic rings. The van der Waals surface area contributed by atoms with Crippen LogP contribution >= 0.6 is 0 Å². The first-order chi connectivity index (χ1) is 50.8. The second-order valence-electron chi connectivity index (χ2n) is 30.2. The Morgan fingerprint density at radius 2 is 0.587 bits per heavy atom. The molecule has 0 saturated heterocycles. The van der Waals surface area contributed by atoms with Crippen LogP contribution in [0.1, 0.15) is 52.7 Å². The monoisotopic (exact) mass is 1330 g/mol. The minimum Gasteiger partial charge on any atom is -0.456 e. The van der Waals surface area contributed by atoms with E-state index in [1.54, 1.807) is 0 Å². The molecule has 2 aliphatic heterocycles. The van der Waals surface area contributed by atoms with Crippen LogP contribution in [0.2, 0.25) is 0 Å². The Morgan fingerprint density at radius 1 is 0.240 bits per heavy atom. The molecule has 0 radical (unpaired) electrons. The van der Waals surface area contributed by atoms with Gasteiger partial charge in [-0.05, 0) is 185 Å². The molecule has 5 nitrogen and oxygen atoms in total. The van der Waals surface area contributed by atoms with Gasteiger partial charge < -0.3 is 23.1 Å². The predicted molar refractivity (Wildman–Crippen MR) is 438 cm³/mol. The number of para-hydroxylation sites is 3. The lowest BCUT2D eigenvalue weighted by Gasteiger charge is -2.46. The zero-order valence-corrected chi connectivity index (χ0v) is 58.8. The number of rotatable bonds is 9. The highest BCUT2D eigenvalue weighted by Gasteiger charge is 2.46. The van der Waals surface area contributed by atoms with Crippen molar-refractivity contribution < 1.29 is 13.3 Å². The molecule has 0 bridgehead atoms. The van der Waals surface area contributed by atoms with Crippen LogP contribution in [0.25, 0.3) is 144 Å². The second-order valence-corrected chi connectivity index (χ2v) is 30.2. The van der Waals surface area contributed by atoms with Gasteiger partial charge in [0.15, 0.2) is 0 Å². The first-order valence-corrected chi connectivity index (χ1v) is 36.2. The molecule has 3 aromatic heterocycles. The van der Waals surface area contributed by atoms with Crippen molar-refractivity contribution in [2.75, 3.05) is 9.80 Å². The van der Waals surface area contributed by atoms with E-state index >= 15 is 0 Å². The second kappa shape index (κ2) is 23.5. The van der Waals surface area contributed by atoms with Crippen LogP contribution < -0.4 is 26.2 Å². The van der Waals surface area contributed by atoms with Gasteiger partial charge in [0.25, 0.3) is 6.71 Å². The quantitative estimate of drug-likeness (QED) is 0.135. The summed E-state index contributed by atoms with van der Waals surface area (Å²) in [7, 11) is 0. The Balaban J connectivity index is 0.991. The van der Waals surface area contributed by atoms with Gasteiger partial charge >= 0.3 is 0 Å². The summed E-state index contributed by atoms with van der Waals surface area (Å²) in [6.45, 7) is 13.7. The predicted octanol–water partition coefficient (Wildman–Crippen LogP) is 25.7. The van der Waals surface area contributed by atoms with Gasteiger partial charge in [0.2, 0.25) is 0 Å². The average Bonchev–Trinajstić information content (AvgIpc) is 0.749. The van der Waals surface area contributed by atoms with Crippen LogP contribution in [-0.4, -0.2) is 6.71 Å². The molecule has 0 atom stereocenters. The first kappa shape index (κ1) is 61.3. The van der Waals surface area contributed by atoms with Crippen LogP contribution in [-0.2, 0) is 10.8 Å². The van der Waals surface area contributed by atoms with Crippen molar-refractivity contribution in [1.29, 1.82) is 0 Å². The molecule has 6 heteroatoms. The molecule has 0 saturated carbocycles. The highest BCUT2D eigenvalue weighted by molar-refractivity contribution is 7.00. The van der Waals surface area contributed by atoms with Crippen molar-refractivity contribution in [2.45, 2.75) is 52.4 Å². The van der Waals surface area contributed by atoms with E-state index in [1.807, 2.05) is 0 Å². The summed E-state index contributed by atoms with van der Waals surface area (Å²) in [5, 5.41) is 6.51. The van der Waals surface area contributed by atoms with Crippen molar-refractivity contribution in [1.82, 2.24) is 0 Å². The summed E-state index contributed by atoms with van der Waals surface area (Å²) in [5.41, 5.74) is 32.9. The largest absolute Gasteiger partial charge is 0.456 e.